The Balaban J connectivity index is 2.72. The minimum Gasteiger partial charge on any atom is -0.313 e. The molecule has 0 unspecified atom stereocenters. The third kappa shape index (κ3) is 3.23. The fourth-order valence-electron chi connectivity index (χ4n) is 1.10. The Labute approximate surface area is 96.8 Å². The Kier molecular flexibility index (Phi) is 4.85. The number of benzene rings is 1. The van der Waals surface area contributed by atoms with Gasteiger partial charge >= 0.3 is 0 Å². The first-order chi connectivity index (χ1) is 6.65. The maximum absolute atomic E-state index is 13.1. The van der Waals surface area contributed by atoms with Gasteiger partial charge in [0, 0.05) is 11.6 Å². The summed E-state index contributed by atoms with van der Waals surface area (Å²) in [7, 11) is 0. The van der Waals surface area contributed by atoms with E-state index in [1.54, 1.807) is 6.07 Å². The summed E-state index contributed by atoms with van der Waals surface area (Å²) in [5.74, 6) is -0.275. The average molecular weight is 281 g/mol. The van der Waals surface area contributed by atoms with Crippen molar-refractivity contribution < 1.29 is 4.39 Å². The van der Waals surface area contributed by atoms with Crippen LogP contribution < -0.4 is 5.32 Å². The normalized spacial score (nSPS) is 10.6. The number of hydrogen-bond donors (Lipinski definition) is 1. The van der Waals surface area contributed by atoms with E-state index in [0.717, 1.165) is 18.5 Å². The molecule has 0 aliphatic carbocycles. The Morgan fingerprint density at radius 3 is 2.86 bits per heavy atom. The molecule has 0 saturated heterocycles. The molecule has 0 bridgehead atoms. The highest BCUT2D eigenvalue weighted by molar-refractivity contribution is 9.10. The van der Waals surface area contributed by atoms with Crippen molar-refractivity contribution in [2.24, 2.45) is 0 Å². The van der Waals surface area contributed by atoms with Crippen molar-refractivity contribution in [3.05, 3.63) is 33.0 Å². The van der Waals surface area contributed by atoms with Gasteiger partial charge in [0.15, 0.2) is 0 Å². The monoisotopic (exact) mass is 279 g/mol. The first kappa shape index (κ1) is 12.0. The summed E-state index contributed by atoms with van der Waals surface area (Å²) in [5, 5.41) is 3.76. The van der Waals surface area contributed by atoms with Crippen LogP contribution in [0.3, 0.4) is 0 Å². The molecule has 0 radical (unpaired) electrons. The van der Waals surface area contributed by atoms with Crippen molar-refractivity contribution in [3.63, 3.8) is 0 Å². The van der Waals surface area contributed by atoms with Gasteiger partial charge in [-0.25, -0.2) is 4.39 Å². The summed E-state index contributed by atoms with van der Waals surface area (Å²) < 4.78 is 13.5. The van der Waals surface area contributed by atoms with Gasteiger partial charge in [0.1, 0.15) is 5.82 Å². The highest BCUT2D eigenvalue weighted by Gasteiger charge is 2.05. The number of halogens is 3. The molecule has 0 fully saturated rings. The van der Waals surface area contributed by atoms with E-state index >= 15 is 0 Å². The van der Waals surface area contributed by atoms with Crippen LogP contribution in [0.2, 0.25) is 5.02 Å². The lowest BCUT2D eigenvalue weighted by atomic mass is 10.2. The van der Waals surface area contributed by atoms with Crippen LogP contribution in [0.1, 0.15) is 18.9 Å². The fourth-order valence-corrected chi connectivity index (χ4v) is 1.80. The zero-order chi connectivity index (χ0) is 10.6. The van der Waals surface area contributed by atoms with Crippen molar-refractivity contribution in [2.75, 3.05) is 6.54 Å². The second-order valence-electron chi connectivity index (χ2n) is 3.03. The molecule has 14 heavy (non-hydrogen) atoms. The molecule has 0 spiro atoms. The van der Waals surface area contributed by atoms with E-state index in [4.69, 9.17) is 11.6 Å². The second kappa shape index (κ2) is 5.69. The molecule has 4 heteroatoms. The molecule has 0 heterocycles. The van der Waals surface area contributed by atoms with E-state index < -0.39 is 0 Å². The molecule has 0 saturated carbocycles. The summed E-state index contributed by atoms with van der Waals surface area (Å²) in [6, 6.07) is 3.04. The fraction of sp³-hybridized carbons (Fsp3) is 0.400. The molecule has 0 amide bonds. The Hall–Kier alpha value is -0.120. The SMILES string of the molecule is CCCNCc1cc(F)c(Br)cc1Cl. The first-order valence-electron chi connectivity index (χ1n) is 4.49. The Bertz CT molecular complexity index is 317. The zero-order valence-electron chi connectivity index (χ0n) is 7.91. The number of hydrogen-bond acceptors (Lipinski definition) is 1. The Morgan fingerprint density at radius 1 is 1.50 bits per heavy atom. The van der Waals surface area contributed by atoms with Gasteiger partial charge in [0.05, 0.1) is 4.47 Å². The molecule has 1 rings (SSSR count). The van der Waals surface area contributed by atoms with Gasteiger partial charge in [0.25, 0.3) is 0 Å². The molecule has 0 aliphatic rings. The average Bonchev–Trinajstić information content (AvgIpc) is 2.14. The predicted octanol–water partition coefficient (Wildman–Crippen LogP) is 3.74. The lowest BCUT2D eigenvalue weighted by Crippen LogP contribution is -2.14. The molecule has 1 N–H and O–H groups in total. The lowest BCUT2D eigenvalue weighted by Gasteiger charge is -2.06. The topological polar surface area (TPSA) is 12.0 Å². The molecule has 1 nitrogen and oxygen atoms in total. The standard InChI is InChI=1S/C10H12BrClFN/c1-2-3-14-6-7-4-10(13)8(11)5-9(7)12/h4-5,14H,2-3,6H2,1H3. The van der Waals surface area contributed by atoms with E-state index in [9.17, 15) is 4.39 Å². The van der Waals surface area contributed by atoms with Gasteiger partial charge < -0.3 is 5.32 Å². The van der Waals surface area contributed by atoms with E-state index in [1.165, 1.54) is 6.07 Å². The van der Waals surface area contributed by atoms with Gasteiger partial charge in [-0.1, -0.05) is 18.5 Å². The zero-order valence-corrected chi connectivity index (χ0v) is 10.3. The minimum absolute atomic E-state index is 0.275. The molecular formula is C10H12BrClFN. The summed E-state index contributed by atoms with van der Waals surface area (Å²) in [5.41, 5.74) is 0.792. The van der Waals surface area contributed by atoms with Crippen LogP contribution >= 0.6 is 27.5 Å². The van der Waals surface area contributed by atoms with Crippen molar-refractivity contribution in [3.8, 4) is 0 Å². The van der Waals surface area contributed by atoms with Crippen LogP contribution in [-0.4, -0.2) is 6.54 Å². The van der Waals surface area contributed by atoms with Crippen LogP contribution in [0.25, 0.3) is 0 Å². The maximum atomic E-state index is 13.1. The lowest BCUT2D eigenvalue weighted by molar-refractivity contribution is 0.613. The molecule has 78 valence electrons. The third-order valence-corrected chi connectivity index (χ3v) is 2.79. The summed E-state index contributed by atoms with van der Waals surface area (Å²) in [6.45, 7) is 3.60. The van der Waals surface area contributed by atoms with Crippen LogP contribution in [0, 0.1) is 5.82 Å². The van der Waals surface area contributed by atoms with Crippen LogP contribution in [0.4, 0.5) is 4.39 Å². The summed E-state index contributed by atoms with van der Waals surface area (Å²) in [6.07, 6.45) is 1.05. The van der Waals surface area contributed by atoms with Crippen molar-refractivity contribution >= 4 is 27.5 Å². The van der Waals surface area contributed by atoms with Gasteiger partial charge in [-0.15, -0.1) is 0 Å². The van der Waals surface area contributed by atoms with Crippen molar-refractivity contribution in [2.45, 2.75) is 19.9 Å². The predicted molar refractivity (Wildman–Crippen MR) is 61.1 cm³/mol. The first-order valence-corrected chi connectivity index (χ1v) is 5.66. The molecule has 1 aromatic rings. The van der Waals surface area contributed by atoms with E-state index in [1.807, 2.05) is 0 Å². The minimum atomic E-state index is -0.275. The van der Waals surface area contributed by atoms with Crippen LogP contribution in [0.5, 0.6) is 0 Å². The maximum Gasteiger partial charge on any atom is 0.137 e. The second-order valence-corrected chi connectivity index (χ2v) is 4.30. The van der Waals surface area contributed by atoms with Crippen molar-refractivity contribution in [1.82, 2.24) is 5.32 Å². The molecule has 0 aliphatic heterocycles. The molecule has 0 atom stereocenters. The number of rotatable bonds is 4. The number of nitrogens with one attached hydrogen (secondary N) is 1. The molecule has 0 aromatic heterocycles. The largest absolute Gasteiger partial charge is 0.313 e. The van der Waals surface area contributed by atoms with E-state index in [0.29, 0.717) is 16.0 Å². The van der Waals surface area contributed by atoms with Crippen LogP contribution in [-0.2, 0) is 6.54 Å². The van der Waals surface area contributed by atoms with Gasteiger partial charge in [-0.2, -0.15) is 0 Å². The van der Waals surface area contributed by atoms with Crippen LogP contribution in [0.15, 0.2) is 16.6 Å². The third-order valence-electron chi connectivity index (χ3n) is 1.83. The highest BCUT2D eigenvalue weighted by atomic mass is 79.9. The quantitative estimate of drug-likeness (QED) is 0.654. The van der Waals surface area contributed by atoms with Gasteiger partial charge in [-0.3, -0.25) is 0 Å². The summed E-state index contributed by atoms with van der Waals surface area (Å²) >= 11 is 9.03. The van der Waals surface area contributed by atoms with Crippen molar-refractivity contribution in [1.29, 1.82) is 0 Å². The highest BCUT2D eigenvalue weighted by Crippen LogP contribution is 2.24. The Morgan fingerprint density at radius 2 is 2.21 bits per heavy atom. The van der Waals surface area contributed by atoms with Gasteiger partial charge in [-0.05, 0) is 46.6 Å². The van der Waals surface area contributed by atoms with Gasteiger partial charge in [0.2, 0.25) is 0 Å². The molecular weight excluding hydrogens is 268 g/mol. The van der Waals surface area contributed by atoms with E-state index in [2.05, 4.69) is 28.2 Å². The van der Waals surface area contributed by atoms with E-state index in [-0.39, 0.29) is 5.82 Å². The summed E-state index contributed by atoms with van der Waals surface area (Å²) in [4.78, 5) is 0. The molecule has 1 aromatic carbocycles. The smallest absolute Gasteiger partial charge is 0.137 e.